The third-order valence-corrected chi connectivity index (χ3v) is 7.85. The van der Waals surface area contributed by atoms with Gasteiger partial charge in [0.05, 0.1) is 7.11 Å². The number of hydroxylamine groups is 2. The van der Waals surface area contributed by atoms with Crippen molar-refractivity contribution < 1.29 is 24.0 Å². The molecule has 1 aromatic carbocycles. The molecule has 0 radical (unpaired) electrons. The average Bonchev–Trinajstić information content (AvgIpc) is 3.13. The largest absolute Gasteiger partial charge is 0.497 e. The number of carbonyl (C=O) groups is 3. The summed E-state index contributed by atoms with van der Waals surface area (Å²) in [6.45, 7) is 5.75. The number of fused-ring (bicyclic) bond motifs is 1. The molecule has 0 aromatic heterocycles. The molecule has 0 saturated carbocycles. The van der Waals surface area contributed by atoms with E-state index < -0.39 is 24.1 Å². The average molecular weight is 486 g/mol. The van der Waals surface area contributed by atoms with E-state index in [0.717, 1.165) is 57.6 Å². The van der Waals surface area contributed by atoms with Gasteiger partial charge < -0.3 is 24.7 Å². The topological polar surface area (TPSA) is 94.7 Å². The standard InChI is InChI=1S/C25H35N5O5/c1-34-21-4-2-19(3-5-21)20-8-12-28(13-9-20)25(33)35-30-23(31)22-17-27(14-15-29(22)24(30)32)16-18-6-10-26-11-7-18/h2-5,18,20,22,26H,6-17H2,1H3. The second-order valence-corrected chi connectivity index (χ2v) is 9.97. The van der Waals surface area contributed by atoms with Crippen LogP contribution in [0.25, 0.3) is 0 Å². The van der Waals surface area contributed by atoms with E-state index in [4.69, 9.17) is 9.57 Å². The van der Waals surface area contributed by atoms with E-state index in [2.05, 4.69) is 22.3 Å². The van der Waals surface area contributed by atoms with E-state index in [1.54, 1.807) is 16.9 Å². The molecule has 1 aromatic rings. The number of nitrogens with one attached hydrogen (secondary N) is 1. The fourth-order valence-corrected chi connectivity index (χ4v) is 5.71. The number of piperazine rings is 1. The predicted octanol–water partition coefficient (Wildman–Crippen LogP) is 1.87. The van der Waals surface area contributed by atoms with Gasteiger partial charge in [-0.15, -0.1) is 0 Å². The van der Waals surface area contributed by atoms with Gasteiger partial charge in [-0.2, -0.15) is 0 Å². The number of ether oxygens (including phenoxy) is 1. The summed E-state index contributed by atoms with van der Waals surface area (Å²) in [4.78, 5) is 49.4. The van der Waals surface area contributed by atoms with Gasteiger partial charge in [0.15, 0.2) is 0 Å². The molecular formula is C25H35N5O5. The minimum atomic E-state index is -0.633. The first-order valence-corrected chi connectivity index (χ1v) is 12.7. The molecule has 1 atom stereocenters. The highest BCUT2D eigenvalue weighted by Crippen LogP contribution is 2.30. The second kappa shape index (κ2) is 10.4. The summed E-state index contributed by atoms with van der Waals surface area (Å²) < 4.78 is 5.22. The fraction of sp³-hybridized carbons (Fsp3) is 0.640. The van der Waals surface area contributed by atoms with E-state index in [1.165, 1.54) is 5.56 Å². The molecule has 0 spiro atoms. The Morgan fingerprint density at radius 2 is 1.71 bits per heavy atom. The van der Waals surface area contributed by atoms with E-state index >= 15 is 0 Å². The Hall–Kier alpha value is -2.85. The van der Waals surface area contributed by atoms with Crippen LogP contribution in [0.5, 0.6) is 5.75 Å². The minimum absolute atomic E-state index is 0.347. The van der Waals surface area contributed by atoms with Crippen LogP contribution in [0, 0.1) is 5.92 Å². The summed E-state index contributed by atoms with van der Waals surface area (Å²) in [5.41, 5.74) is 1.22. The zero-order valence-electron chi connectivity index (χ0n) is 20.4. The summed E-state index contributed by atoms with van der Waals surface area (Å²) in [5.74, 6) is 1.34. The quantitative estimate of drug-likeness (QED) is 0.637. The molecule has 10 heteroatoms. The number of hydrogen-bond acceptors (Lipinski definition) is 7. The maximum Gasteiger partial charge on any atom is 0.434 e. The molecule has 10 nitrogen and oxygen atoms in total. The molecule has 4 aliphatic heterocycles. The number of rotatable bonds is 5. The van der Waals surface area contributed by atoms with Gasteiger partial charge in [0.1, 0.15) is 11.8 Å². The van der Waals surface area contributed by atoms with Gasteiger partial charge in [0.2, 0.25) is 0 Å². The first-order chi connectivity index (χ1) is 17.0. The molecule has 4 fully saturated rings. The molecule has 4 heterocycles. The smallest absolute Gasteiger partial charge is 0.434 e. The first kappa shape index (κ1) is 23.9. The fourth-order valence-electron chi connectivity index (χ4n) is 5.71. The lowest BCUT2D eigenvalue weighted by Gasteiger charge is -2.37. The number of piperidine rings is 2. The number of benzene rings is 1. The summed E-state index contributed by atoms with van der Waals surface area (Å²) in [7, 11) is 1.65. The molecule has 190 valence electrons. The summed E-state index contributed by atoms with van der Waals surface area (Å²) in [6.07, 6.45) is 3.23. The molecule has 0 aliphatic carbocycles. The van der Waals surface area contributed by atoms with Crippen molar-refractivity contribution in [2.75, 3.05) is 59.5 Å². The van der Waals surface area contributed by atoms with E-state index in [0.29, 0.717) is 43.1 Å². The second-order valence-electron chi connectivity index (χ2n) is 9.97. The van der Waals surface area contributed by atoms with Crippen molar-refractivity contribution in [1.29, 1.82) is 0 Å². The van der Waals surface area contributed by atoms with Crippen molar-refractivity contribution in [2.24, 2.45) is 5.92 Å². The zero-order valence-corrected chi connectivity index (χ0v) is 20.4. The van der Waals surface area contributed by atoms with Gasteiger partial charge in [-0.25, -0.2) is 9.59 Å². The van der Waals surface area contributed by atoms with Crippen molar-refractivity contribution in [1.82, 2.24) is 25.1 Å². The number of nitrogens with zero attached hydrogens (tertiary/aromatic N) is 4. The Bertz CT molecular complexity index is 927. The maximum atomic E-state index is 13.0. The van der Waals surface area contributed by atoms with Crippen LogP contribution in [0.4, 0.5) is 9.59 Å². The molecular weight excluding hydrogens is 450 g/mol. The number of carbonyl (C=O) groups excluding carboxylic acids is 3. The Kier molecular flexibility index (Phi) is 7.10. The molecule has 4 saturated heterocycles. The van der Waals surface area contributed by atoms with Crippen LogP contribution in [0.3, 0.4) is 0 Å². The zero-order chi connectivity index (χ0) is 24.4. The Morgan fingerprint density at radius 3 is 2.40 bits per heavy atom. The number of urea groups is 1. The van der Waals surface area contributed by atoms with Gasteiger partial charge in [-0.3, -0.25) is 9.69 Å². The van der Waals surface area contributed by atoms with Gasteiger partial charge in [-0.05, 0) is 68.3 Å². The Morgan fingerprint density at radius 1 is 1.00 bits per heavy atom. The van der Waals surface area contributed by atoms with Gasteiger partial charge >= 0.3 is 12.1 Å². The summed E-state index contributed by atoms with van der Waals surface area (Å²) in [6, 6.07) is 6.91. The van der Waals surface area contributed by atoms with Gasteiger partial charge in [0, 0.05) is 39.3 Å². The number of methoxy groups -OCH3 is 1. The van der Waals surface area contributed by atoms with Crippen molar-refractivity contribution in [2.45, 2.75) is 37.6 Å². The van der Waals surface area contributed by atoms with Crippen molar-refractivity contribution in [3.63, 3.8) is 0 Å². The van der Waals surface area contributed by atoms with Crippen LogP contribution in [-0.2, 0) is 9.63 Å². The minimum Gasteiger partial charge on any atom is -0.497 e. The first-order valence-electron chi connectivity index (χ1n) is 12.7. The van der Waals surface area contributed by atoms with Gasteiger partial charge in [-0.1, -0.05) is 17.2 Å². The van der Waals surface area contributed by atoms with Crippen LogP contribution in [-0.4, -0.2) is 103 Å². The third-order valence-electron chi connectivity index (χ3n) is 7.85. The third kappa shape index (κ3) is 5.08. The highest BCUT2D eigenvalue weighted by molar-refractivity contribution is 6.04. The molecule has 1 N–H and O–H groups in total. The molecule has 35 heavy (non-hydrogen) atoms. The van der Waals surface area contributed by atoms with E-state index in [1.807, 2.05) is 12.1 Å². The van der Waals surface area contributed by atoms with E-state index in [9.17, 15) is 14.4 Å². The van der Waals surface area contributed by atoms with Crippen LogP contribution >= 0.6 is 0 Å². The van der Waals surface area contributed by atoms with Crippen LogP contribution in [0.15, 0.2) is 24.3 Å². The molecule has 0 bridgehead atoms. The highest BCUT2D eigenvalue weighted by Gasteiger charge is 2.50. The number of hydrogen-bond donors (Lipinski definition) is 1. The Labute approximate surface area is 206 Å². The van der Waals surface area contributed by atoms with Crippen molar-refractivity contribution >= 4 is 18.0 Å². The van der Waals surface area contributed by atoms with E-state index in [-0.39, 0.29) is 0 Å². The SMILES string of the molecule is COc1ccc(C2CCN(C(=O)ON3C(=O)C4CN(CC5CCNCC5)CCN4C3=O)CC2)cc1. The lowest BCUT2D eigenvalue weighted by atomic mass is 9.89. The lowest BCUT2D eigenvalue weighted by Crippen LogP contribution is -2.54. The summed E-state index contributed by atoms with van der Waals surface area (Å²) >= 11 is 0. The molecule has 4 amide bonds. The number of amides is 4. The van der Waals surface area contributed by atoms with Crippen molar-refractivity contribution in [3.05, 3.63) is 29.8 Å². The van der Waals surface area contributed by atoms with Crippen molar-refractivity contribution in [3.8, 4) is 5.75 Å². The number of imide groups is 1. The molecule has 5 rings (SSSR count). The van der Waals surface area contributed by atoms with Gasteiger partial charge in [0.25, 0.3) is 5.91 Å². The predicted molar refractivity (Wildman–Crippen MR) is 128 cm³/mol. The maximum absolute atomic E-state index is 13.0. The molecule has 1 unspecified atom stereocenters. The van der Waals surface area contributed by atoms with Crippen LogP contribution < -0.4 is 10.1 Å². The normalized spacial score (nSPS) is 24.6. The summed E-state index contributed by atoms with van der Waals surface area (Å²) in [5, 5.41) is 4.07. The van der Waals surface area contributed by atoms with Crippen LogP contribution in [0.1, 0.15) is 37.2 Å². The van der Waals surface area contributed by atoms with Crippen LogP contribution in [0.2, 0.25) is 0 Å². The molecule has 4 aliphatic rings. The highest BCUT2D eigenvalue weighted by atomic mass is 16.7. The lowest BCUT2D eigenvalue weighted by molar-refractivity contribution is -0.152. The monoisotopic (exact) mass is 485 g/mol. The Balaban J connectivity index is 1.13. The number of likely N-dealkylation sites (tertiary alicyclic amines) is 1.